The van der Waals surface area contributed by atoms with E-state index in [0.717, 1.165) is 31.6 Å². The van der Waals surface area contributed by atoms with Crippen molar-refractivity contribution in [3.63, 3.8) is 0 Å². The van der Waals surface area contributed by atoms with Gasteiger partial charge in [0.15, 0.2) is 5.82 Å². The molecule has 7 heteroatoms. The number of aromatic nitrogens is 3. The van der Waals surface area contributed by atoms with Gasteiger partial charge < -0.3 is 14.7 Å². The SMILES string of the molecule is COCC[C@@]1(CO)CCCN(C(=O)CCc2n[nH]c(C)n2)C1. The lowest BCUT2D eigenvalue weighted by atomic mass is 9.78. The van der Waals surface area contributed by atoms with Gasteiger partial charge in [0.1, 0.15) is 5.82 Å². The molecule has 1 fully saturated rings. The van der Waals surface area contributed by atoms with Crippen LogP contribution in [-0.2, 0) is 16.0 Å². The van der Waals surface area contributed by atoms with Crippen molar-refractivity contribution in [3.05, 3.63) is 11.6 Å². The minimum absolute atomic E-state index is 0.0975. The van der Waals surface area contributed by atoms with E-state index in [1.165, 1.54) is 0 Å². The molecule has 0 radical (unpaired) electrons. The number of hydrogen-bond donors (Lipinski definition) is 2. The maximum Gasteiger partial charge on any atom is 0.223 e. The molecule has 1 aliphatic rings. The second-order valence-electron chi connectivity index (χ2n) is 6.16. The van der Waals surface area contributed by atoms with E-state index >= 15 is 0 Å². The van der Waals surface area contributed by atoms with Crippen LogP contribution < -0.4 is 0 Å². The minimum atomic E-state index is -0.217. The molecular weight excluding hydrogens is 284 g/mol. The second-order valence-corrected chi connectivity index (χ2v) is 6.16. The van der Waals surface area contributed by atoms with Crippen molar-refractivity contribution in [3.8, 4) is 0 Å². The van der Waals surface area contributed by atoms with E-state index in [0.29, 0.717) is 31.8 Å². The van der Waals surface area contributed by atoms with E-state index in [1.54, 1.807) is 7.11 Å². The number of hydrogen-bond acceptors (Lipinski definition) is 5. The molecule has 0 spiro atoms. The van der Waals surface area contributed by atoms with Gasteiger partial charge in [0.05, 0.1) is 6.61 Å². The van der Waals surface area contributed by atoms with Crippen LogP contribution in [0.5, 0.6) is 0 Å². The van der Waals surface area contributed by atoms with Crippen LogP contribution in [0.3, 0.4) is 0 Å². The molecule has 0 aliphatic carbocycles. The molecule has 0 bridgehead atoms. The highest BCUT2D eigenvalue weighted by Crippen LogP contribution is 2.33. The summed E-state index contributed by atoms with van der Waals surface area (Å²) in [6, 6.07) is 0. The summed E-state index contributed by atoms with van der Waals surface area (Å²) in [5.41, 5.74) is -0.217. The number of aryl methyl sites for hydroxylation is 2. The van der Waals surface area contributed by atoms with Crippen LogP contribution in [0.2, 0.25) is 0 Å². The van der Waals surface area contributed by atoms with Gasteiger partial charge in [-0.15, -0.1) is 0 Å². The highest BCUT2D eigenvalue weighted by Gasteiger charge is 2.36. The number of aliphatic hydroxyl groups is 1. The van der Waals surface area contributed by atoms with Gasteiger partial charge in [-0.3, -0.25) is 9.89 Å². The van der Waals surface area contributed by atoms with Gasteiger partial charge in [-0.25, -0.2) is 4.98 Å². The van der Waals surface area contributed by atoms with E-state index in [4.69, 9.17) is 4.74 Å². The Kier molecular flexibility index (Phi) is 5.90. The smallest absolute Gasteiger partial charge is 0.223 e. The van der Waals surface area contributed by atoms with Crippen LogP contribution in [-0.4, -0.2) is 64.5 Å². The predicted molar refractivity (Wildman–Crippen MR) is 81.3 cm³/mol. The van der Waals surface area contributed by atoms with Crippen LogP contribution in [0, 0.1) is 12.3 Å². The zero-order valence-electron chi connectivity index (χ0n) is 13.5. The minimum Gasteiger partial charge on any atom is -0.396 e. The van der Waals surface area contributed by atoms with Crippen molar-refractivity contribution < 1.29 is 14.6 Å². The summed E-state index contributed by atoms with van der Waals surface area (Å²) in [7, 11) is 1.66. The topological polar surface area (TPSA) is 91.3 Å². The molecule has 2 rings (SSSR count). The monoisotopic (exact) mass is 310 g/mol. The molecule has 0 unspecified atom stereocenters. The summed E-state index contributed by atoms with van der Waals surface area (Å²) in [5, 5.41) is 16.6. The number of aliphatic hydroxyl groups excluding tert-OH is 1. The Balaban J connectivity index is 1.88. The van der Waals surface area contributed by atoms with Crippen LogP contribution in [0.1, 0.15) is 37.3 Å². The number of carbonyl (C=O) groups is 1. The second kappa shape index (κ2) is 7.69. The predicted octanol–water partition coefficient (Wildman–Crippen LogP) is 0.683. The Morgan fingerprint density at radius 2 is 2.36 bits per heavy atom. The van der Waals surface area contributed by atoms with Crippen LogP contribution >= 0.6 is 0 Å². The highest BCUT2D eigenvalue weighted by molar-refractivity contribution is 5.76. The third kappa shape index (κ3) is 4.27. The van der Waals surface area contributed by atoms with Crippen LogP contribution in [0.4, 0.5) is 0 Å². The third-order valence-electron chi connectivity index (χ3n) is 4.39. The summed E-state index contributed by atoms with van der Waals surface area (Å²) in [6.45, 7) is 3.92. The van der Waals surface area contributed by atoms with E-state index < -0.39 is 0 Å². The Labute approximate surface area is 131 Å². The fourth-order valence-electron chi connectivity index (χ4n) is 3.03. The summed E-state index contributed by atoms with van der Waals surface area (Å²) in [5.74, 6) is 1.55. The van der Waals surface area contributed by atoms with Crippen LogP contribution in [0.25, 0.3) is 0 Å². The fourth-order valence-corrected chi connectivity index (χ4v) is 3.03. The molecule has 2 N–H and O–H groups in total. The molecule has 124 valence electrons. The molecule has 1 aromatic rings. The summed E-state index contributed by atoms with van der Waals surface area (Å²) in [6.07, 6.45) is 3.60. The third-order valence-corrected chi connectivity index (χ3v) is 4.39. The average Bonchev–Trinajstić information content (AvgIpc) is 2.96. The van der Waals surface area contributed by atoms with E-state index in [1.807, 2.05) is 11.8 Å². The first-order valence-corrected chi connectivity index (χ1v) is 7.84. The molecule has 2 heterocycles. The van der Waals surface area contributed by atoms with Gasteiger partial charge in [-0.1, -0.05) is 0 Å². The first-order valence-electron chi connectivity index (χ1n) is 7.84. The summed E-state index contributed by atoms with van der Waals surface area (Å²) >= 11 is 0. The number of piperidine rings is 1. The van der Waals surface area contributed by atoms with Gasteiger partial charge in [0.25, 0.3) is 0 Å². The largest absolute Gasteiger partial charge is 0.396 e. The fraction of sp³-hybridized carbons (Fsp3) is 0.800. The zero-order valence-corrected chi connectivity index (χ0v) is 13.5. The Hall–Kier alpha value is -1.47. The lowest BCUT2D eigenvalue weighted by Gasteiger charge is -2.42. The van der Waals surface area contributed by atoms with Gasteiger partial charge in [0.2, 0.25) is 5.91 Å². The Morgan fingerprint density at radius 3 is 3.00 bits per heavy atom. The normalized spacial score (nSPS) is 22.0. The highest BCUT2D eigenvalue weighted by atomic mass is 16.5. The van der Waals surface area contributed by atoms with Crippen LogP contribution in [0.15, 0.2) is 0 Å². The molecule has 22 heavy (non-hydrogen) atoms. The molecule has 1 aliphatic heterocycles. The number of H-pyrrole nitrogens is 1. The van der Waals surface area contributed by atoms with Gasteiger partial charge in [0, 0.05) is 45.1 Å². The first kappa shape index (κ1) is 16.9. The van der Waals surface area contributed by atoms with Crippen molar-refractivity contribution in [2.75, 3.05) is 33.4 Å². The number of likely N-dealkylation sites (tertiary alicyclic amines) is 1. The van der Waals surface area contributed by atoms with Crippen molar-refractivity contribution >= 4 is 5.91 Å². The van der Waals surface area contributed by atoms with Gasteiger partial charge >= 0.3 is 0 Å². The van der Waals surface area contributed by atoms with Crippen molar-refractivity contribution in [1.29, 1.82) is 0 Å². The maximum atomic E-state index is 12.4. The maximum absolute atomic E-state index is 12.4. The number of ether oxygens (including phenoxy) is 1. The number of rotatable bonds is 7. The zero-order chi connectivity index (χ0) is 16.0. The lowest BCUT2D eigenvalue weighted by Crippen LogP contribution is -2.48. The number of carbonyl (C=O) groups excluding carboxylic acids is 1. The standard InChI is InChI=1S/C15H26N4O3/c1-12-16-13(18-17-12)4-5-14(21)19-8-3-6-15(10-19,11-20)7-9-22-2/h20H,3-11H2,1-2H3,(H,16,17,18)/t15-/m0/s1. The van der Waals surface area contributed by atoms with Gasteiger partial charge in [-0.05, 0) is 26.2 Å². The summed E-state index contributed by atoms with van der Waals surface area (Å²) in [4.78, 5) is 18.5. The van der Waals surface area contributed by atoms with Gasteiger partial charge in [-0.2, -0.15) is 5.10 Å². The number of methoxy groups -OCH3 is 1. The molecule has 1 amide bonds. The van der Waals surface area contributed by atoms with E-state index in [2.05, 4.69) is 15.2 Å². The Bertz CT molecular complexity index is 491. The van der Waals surface area contributed by atoms with Crippen molar-refractivity contribution in [2.45, 2.75) is 39.0 Å². The summed E-state index contributed by atoms with van der Waals surface area (Å²) < 4.78 is 5.14. The van der Waals surface area contributed by atoms with E-state index in [9.17, 15) is 9.90 Å². The number of nitrogens with zero attached hydrogens (tertiary/aromatic N) is 3. The lowest BCUT2D eigenvalue weighted by molar-refractivity contribution is -0.136. The molecule has 0 aromatic carbocycles. The number of amides is 1. The Morgan fingerprint density at radius 1 is 1.55 bits per heavy atom. The quantitative estimate of drug-likeness (QED) is 0.773. The molecular formula is C15H26N4O3. The van der Waals surface area contributed by atoms with E-state index in [-0.39, 0.29) is 17.9 Å². The number of aromatic amines is 1. The number of nitrogens with one attached hydrogen (secondary N) is 1. The van der Waals surface area contributed by atoms with Crippen molar-refractivity contribution in [1.82, 2.24) is 20.1 Å². The molecule has 1 aromatic heterocycles. The molecule has 1 atom stereocenters. The average molecular weight is 310 g/mol. The first-order chi connectivity index (χ1) is 10.6. The molecule has 1 saturated heterocycles. The molecule has 7 nitrogen and oxygen atoms in total. The van der Waals surface area contributed by atoms with Crippen molar-refractivity contribution in [2.24, 2.45) is 5.41 Å². The molecule has 0 saturated carbocycles.